The molecule has 1 fully saturated rings. The molecule has 0 spiro atoms. The van der Waals surface area contributed by atoms with Crippen LogP contribution in [0, 0.1) is 0 Å². The van der Waals surface area contributed by atoms with Gasteiger partial charge in [-0.3, -0.25) is 0 Å². The van der Waals surface area contributed by atoms with Gasteiger partial charge in [0.05, 0.1) is 12.7 Å². The van der Waals surface area contributed by atoms with Crippen LogP contribution < -0.4 is 5.32 Å². The third-order valence-corrected chi connectivity index (χ3v) is 4.23. The van der Waals surface area contributed by atoms with Crippen molar-refractivity contribution in [2.24, 2.45) is 0 Å². The number of fused-ring (bicyclic) bond motifs is 1. The summed E-state index contributed by atoms with van der Waals surface area (Å²) in [6.07, 6.45) is 2.68. The Morgan fingerprint density at radius 2 is 2.00 bits per heavy atom. The van der Waals surface area contributed by atoms with Crippen molar-refractivity contribution in [3.8, 4) is 11.5 Å². The Balaban J connectivity index is 1.44. The number of oxazole rings is 1. The number of benzene rings is 2. The second-order valence-corrected chi connectivity index (χ2v) is 5.96. The monoisotopic (exact) mass is 308 g/mol. The molecule has 1 aromatic heterocycles. The van der Waals surface area contributed by atoms with Gasteiger partial charge in [-0.25, -0.2) is 4.98 Å². The molecule has 0 aliphatic carbocycles. The van der Waals surface area contributed by atoms with E-state index in [1.807, 2.05) is 36.4 Å². The van der Waals surface area contributed by atoms with Gasteiger partial charge in [0.15, 0.2) is 5.58 Å². The molecule has 1 N–H and O–H groups in total. The van der Waals surface area contributed by atoms with E-state index in [0.29, 0.717) is 18.6 Å². The van der Waals surface area contributed by atoms with Crippen molar-refractivity contribution in [3.63, 3.8) is 0 Å². The van der Waals surface area contributed by atoms with Crippen molar-refractivity contribution >= 4 is 11.1 Å². The Kier molecular flexibility index (Phi) is 4.09. The van der Waals surface area contributed by atoms with Crippen LogP contribution >= 0.6 is 0 Å². The van der Waals surface area contributed by atoms with Gasteiger partial charge in [0, 0.05) is 12.1 Å². The highest BCUT2D eigenvalue weighted by molar-refractivity contribution is 5.75. The predicted octanol–water partition coefficient (Wildman–Crippen LogP) is 3.76. The lowest BCUT2D eigenvalue weighted by molar-refractivity contribution is 0.0253. The van der Waals surface area contributed by atoms with Gasteiger partial charge < -0.3 is 14.5 Å². The van der Waals surface area contributed by atoms with E-state index < -0.39 is 0 Å². The molecule has 0 saturated carbocycles. The van der Waals surface area contributed by atoms with E-state index in [1.165, 1.54) is 12.0 Å². The molecular weight excluding hydrogens is 288 g/mol. The largest absolute Gasteiger partial charge is 0.436 e. The lowest BCUT2D eigenvalue weighted by atomic mass is 10.1. The van der Waals surface area contributed by atoms with Gasteiger partial charge in [0.25, 0.3) is 0 Å². The molecule has 2 aromatic carbocycles. The summed E-state index contributed by atoms with van der Waals surface area (Å²) >= 11 is 0. The van der Waals surface area contributed by atoms with Gasteiger partial charge in [-0.05, 0) is 49.2 Å². The molecule has 4 rings (SSSR count). The van der Waals surface area contributed by atoms with Gasteiger partial charge in [-0.1, -0.05) is 24.3 Å². The maximum Gasteiger partial charge on any atom is 0.227 e. The Labute approximate surface area is 135 Å². The molecule has 1 atom stereocenters. The average molecular weight is 308 g/mol. The van der Waals surface area contributed by atoms with Crippen LogP contribution in [0.2, 0.25) is 0 Å². The van der Waals surface area contributed by atoms with E-state index in [1.54, 1.807) is 0 Å². The van der Waals surface area contributed by atoms with Crippen molar-refractivity contribution in [1.82, 2.24) is 10.3 Å². The number of hydrogen-bond donors (Lipinski definition) is 1. The highest BCUT2D eigenvalue weighted by Gasteiger charge is 2.13. The van der Waals surface area contributed by atoms with E-state index >= 15 is 0 Å². The number of rotatable bonds is 4. The molecule has 23 heavy (non-hydrogen) atoms. The third-order valence-electron chi connectivity index (χ3n) is 4.23. The molecule has 0 bridgehead atoms. The first kappa shape index (κ1) is 14.4. The molecule has 0 amide bonds. The zero-order valence-electron chi connectivity index (χ0n) is 13.0. The number of aromatic nitrogens is 1. The van der Waals surface area contributed by atoms with Crippen LogP contribution in [-0.2, 0) is 11.3 Å². The standard InChI is InChI=1S/C19H20N2O2/c1-2-6-18-17(5-1)21-19(23-18)15-9-7-14(8-10-15)13-22-16-4-3-11-20-12-16/h1-2,5-10,16,20H,3-4,11-13H2. The average Bonchev–Trinajstić information content (AvgIpc) is 3.05. The highest BCUT2D eigenvalue weighted by Crippen LogP contribution is 2.24. The van der Waals surface area contributed by atoms with Crippen molar-refractivity contribution in [2.75, 3.05) is 13.1 Å². The van der Waals surface area contributed by atoms with Crippen LogP contribution in [0.25, 0.3) is 22.6 Å². The molecule has 118 valence electrons. The highest BCUT2D eigenvalue weighted by atomic mass is 16.5. The van der Waals surface area contributed by atoms with E-state index in [9.17, 15) is 0 Å². The first-order valence-electron chi connectivity index (χ1n) is 8.16. The van der Waals surface area contributed by atoms with E-state index in [2.05, 4.69) is 22.4 Å². The molecular formula is C19H20N2O2. The summed E-state index contributed by atoms with van der Waals surface area (Å²) in [5.74, 6) is 0.662. The van der Waals surface area contributed by atoms with Crippen molar-refractivity contribution in [2.45, 2.75) is 25.6 Å². The van der Waals surface area contributed by atoms with Crippen LogP contribution in [0.5, 0.6) is 0 Å². The summed E-state index contributed by atoms with van der Waals surface area (Å²) in [5.41, 5.74) is 3.87. The zero-order valence-corrected chi connectivity index (χ0v) is 13.0. The Bertz CT molecular complexity index is 740. The number of nitrogens with one attached hydrogen (secondary N) is 1. The summed E-state index contributed by atoms with van der Waals surface area (Å²) in [4.78, 5) is 4.53. The fraction of sp³-hybridized carbons (Fsp3) is 0.316. The molecule has 3 aromatic rings. The van der Waals surface area contributed by atoms with Crippen LogP contribution in [0.15, 0.2) is 52.9 Å². The van der Waals surface area contributed by atoms with E-state index in [-0.39, 0.29) is 0 Å². The summed E-state index contributed by atoms with van der Waals surface area (Å²) < 4.78 is 11.8. The van der Waals surface area contributed by atoms with Gasteiger partial charge in [-0.15, -0.1) is 0 Å². The number of ether oxygens (including phenoxy) is 1. The number of para-hydroxylation sites is 2. The fourth-order valence-electron chi connectivity index (χ4n) is 2.92. The summed E-state index contributed by atoms with van der Waals surface area (Å²) in [6.45, 7) is 2.72. The summed E-state index contributed by atoms with van der Waals surface area (Å²) in [7, 11) is 0. The minimum absolute atomic E-state index is 0.334. The number of nitrogens with zero attached hydrogens (tertiary/aromatic N) is 1. The minimum atomic E-state index is 0.334. The first-order chi connectivity index (χ1) is 11.4. The van der Waals surface area contributed by atoms with Crippen molar-refractivity contribution in [1.29, 1.82) is 0 Å². The maximum atomic E-state index is 5.96. The third kappa shape index (κ3) is 3.28. The second-order valence-electron chi connectivity index (χ2n) is 5.96. The lowest BCUT2D eigenvalue weighted by Gasteiger charge is -2.23. The summed E-state index contributed by atoms with van der Waals surface area (Å²) in [5, 5.41) is 3.37. The molecule has 1 aliphatic rings. The molecule has 4 nitrogen and oxygen atoms in total. The lowest BCUT2D eigenvalue weighted by Crippen LogP contribution is -2.35. The molecule has 0 radical (unpaired) electrons. The van der Waals surface area contributed by atoms with Gasteiger partial charge in [0.2, 0.25) is 5.89 Å². The smallest absolute Gasteiger partial charge is 0.227 e. The normalized spacial score (nSPS) is 18.3. The van der Waals surface area contributed by atoms with E-state index in [0.717, 1.165) is 36.2 Å². The molecule has 1 aliphatic heterocycles. The molecule has 2 heterocycles. The Hall–Kier alpha value is -2.17. The van der Waals surface area contributed by atoms with Gasteiger partial charge in [0.1, 0.15) is 5.52 Å². The van der Waals surface area contributed by atoms with E-state index in [4.69, 9.17) is 9.15 Å². The summed E-state index contributed by atoms with van der Waals surface area (Å²) in [6, 6.07) is 16.1. The minimum Gasteiger partial charge on any atom is -0.436 e. The SMILES string of the molecule is c1ccc2oc(-c3ccc(COC4CCCNC4)cc3)nc2c1. The topological polar surface area (TPSA) is 47.3 Å². The van der Waals surface area contributed by atoms with Gasteiger partial charge >= 0.3 is 0 Å². The van der Waals surface area contributed by atoms with Crippen LogP contribution in [0.3, 0.4) is 0 Å². The Morgan fingerprint density at radius 3 is 2.78 bits per heavy atom. The van der Waals surface area contributed by atoms with Crippen LogP contribution in [0.4, 0.5) is 0 Å². The fourth-order valence-corrected chi connectivity index (χ4v) is 2.92. The Morgan fingerprint density at radius 1 is 1.13 bits per heavy atom. The first-order valence-corrected chi connectivity index (χ1v) is 8.16. The van der Waals surface area contributed by atoms with Crippen LogP contribution in [-0.4, -0.2) is 24.2 Å². The van der Waals surface area contributed by atoms with Crippen molar-refractivity contribution in [3.05, 3.63) is 54.1 Å². The number of hydrogen-bond acceptors (Lipinski definition) is 4. The zero-order chi connectivity index (χ0) is 15.5. The van der Waals surface area contributed by atoms with Gasteiger partial charge in [-0.2, -0.15) is 0 Å². The predicted molar refractivity (Wildman–Crippen MR) is 90.1 cm³/mol. The molecule has 1 saturated heterocycles. The van der Waals surface area contributed by atoms with Crippen molar-refractivity contribution < 1.29 is 9.15 Å². The molecule has 1 unspecified atom stereocenters. The number of piperidine rings is 1. The van der Waals surface area contributed by atoms with Crippen LogP contribution in [0.1, 0.15) is 18.4 Å². The maximum absolute atomic E-state index is 5.96. The quantitative estimate of drug-likeness (QED) is 0.797. The second kappa shape index (κ2) is 6.52. The molecule has 4 heteroatoms.